The summed E-state index contributed by atoms with van der Waals surface area (Å²) in [6.07, 6.45) is 2.35. The van der Waals surface area contributed by atoms with Crippen molar-refractivity contribution in [1.29, 1.82) is 0 Å². The second-order valence-corrected chi connectivity index (χ2v) is 12.3. The van der Waals surface area contributed by atoms with E-state index in [0.717, 1.165) is 31.5 Å². The van der Waals surface area contributed by atoms with Crippen LogP contribution >= 0.6 is 0 Å². The second-order valence-electron chi connectivity index (χ2n) is 10.1. The minimum atomic E-state index is -4.06. The van der Waals surface area contributed by atoms with E-state index in [2.05, 4.69) is 17.0 Å². The molecule has 198 valence electrons. The third kappa shape index (κ3) is 4.73. The maximum absolute atomic E-state index is 13.5. The van der Waals surface area contributed by atoms with Crippen LogP contribution in [0.2, 0.25) is 0 Å². The highest BCUT2D eigenvalue weighted by molar-refractivity contribution is 7.93. The SMILES string of the molecule is O=C(C1CCN(c2ccc(S(=O)(=O)C3(C(=O)NO)CCOCC3)cc2)CC1)N1CCc2ccccc2C1. The number of nitrogens with one attached hydrogen (secondary N) is 1. The van der Waals surface area contributed by atoms with E-state index in [-0.39, 0.29) is 42.8 Å². The molecule has 3 aliphatic rings. The Kier molecular flexibility index (Phi) is 7.24. The van der Waals surface area contributed by atoms with Gasteiger partial charge < -0.3 is 14.5 Å². The van der Waals surface area contributed by atoms with Gasteiger partial charge in [0.15, 0.2) is 14.6 Å². The number of carbonyl (C=O) groups excluding carboxylic acids is 2. The maximum atomic E-state index is 13.5. The van der Waals surface area contributed by atoms with Crippen molar-refractivity contribution in [1.82, 2.24) is 10.4 Å². The summed E-state index contributed by atoms with van der Waals surface area (Å²) in [4.78, 5) is 29.8. The molecular weight excluding hydrogens is 494 g/mol. The fourth-order valence-electron chi connectivity index (χ4n) is 5.81. The zero-order valence-corrected chi connectivity index (χ0v) is 21.6. The highest BCUT2D eigenvalue weighted by atomic mass is 32.2. The summed E-state index contributed by atoms with van der Waals surface area (Å²) in [6.45, 7) is 3.11. The third-order valence-corrected chi connectivity index (χ3v) is 10.6. The molecule has 2 amide bonds. The molecule has 3 heterocycles. The summed E-state index contributed by atoms with van der Waals surface area (Å²) in [5.41, 5.74) is 4.98. The Hall–Kier alpha value is -2.95. The molecule has 0 bridgehead atoms. The predicted molar refractivity (Wildman–Crippen MR) is 137 cm³/mol. The molecule has 3 aliphatic heterocycles. The molecule has 0 unspecified atom stereocenters. The zero-order valence-electron chi connectivity index (χ0n) is 20.8. The van der Waals surface area contributed by atoms with Gasteiger partial charge in [0.05, 0.1) is 4.90 Å². The molecule has 9 nitrogen and oxygen atoms in total. The number of amides is 2. The van der Waals surface area contributed by atoms with Gasteiger partial charge in [-0.15, -0.1) is 0 Å². The number of nitrogens with zero attached hydrogens (tertiary/aromatic N) is 2. The lowest BCUT2D eigenvalue weighted by atomic mass is 9.93. The number of sulfone groups is 1. The summed E-state index contributed by atoms with van der Waals surface area (Å²) >= 11 is 0. The lowest BCUT2D eigenvalue weighted by molar-refractivity contribution is -0.137. The molecule has 5 rings (SSSR count). The van der Waals surface area contributed by atoms with E-state index in [1.807, 2.05) is 17.0 Å². The Bertz CT molecular complexity index is 1250. The quantitative estimate of drug-likeness (QED) is 0.453. The number of hydroxylamine groups is 1. The van der Waals surface area contributed by atoms with Crippen LogP contribution in [-0.4, -0.2) is 67.9 Å². The minimum Gasteiger partial charge on any atom is -0.381 e. The van der Waals surface area contributed by atoms with Crippen LogP contribution in [0.3, 0.4) is 0 Å². The van der Waals surface area contributed by atoms with Crippen molar-refractivity contribution in [3.05, 3.63) is 59.7 Å². The lowest BCUT2D eigenvalue weighted by Crippen LogP contribution is -2.54. The van der Waals surface area contributed by atoms with Crippen LogP contribution in [0, 0.1) is 5.92 Å². The number of hydrogen-bond donors (Lipinski definition) is 2. The number of benzene rings is 2. The van der Waals surface area contributed by atoms with Crippen molar-refractivity contribution in [3.8, 4) is 0 Å². The summed E-state index contributed by atoms with van der Waals surface area (Å²) in [5, 5.41) is 9.23. The van der Waals surface area contributed by atoms with Crippen molar-refractivity contribution >= 4 is 27.3 Å². The van der Waals surface area contributed by atoms with Crippen LogP contribution in [0.15, 0.2) is 53.4 Å². The third-order valence-electron chi connectivity index (χ3n) is 8.13. The number of carbonyl (C=O) groups is 2. The van der Waals surface area contributed by atoms with Crippen LogP contribution in [0.4, 0.5) is 5.69 Å². The van der Waals surface area contributed by atoms with E-state index in [1.54, 1.807) is 17.6 Å². The Morgan fingerprint density at radius 1 is 0.946 bits per heavy atom. The largest absolute Gasteiger partial charge is 0.381 e. The molecule has 0 aliphatic carbocycles. The number of fused-ring (bicyclic) bond motifs is 1. The molecule has 0 radical (unpaired) electrons. The number of ether oxygens (including phenoxy) is 1. The molecule has 0 atom stereocenters. The second kappa shape index (κ2) is 10.4. The summed E-state index contributed by atoms with van der Waals surface area (Å²) in [5.74, 6) is -0.713. The average molecular weight is 528 g/mol. The molecule has 2 saturated heterocycles. The van der Waals surface area contributed by atoms with Gasteiger partial charge in [-0.3, -0.25) is 14.8 Å². The van der Waals surface area contributed by atoms with Gasteiger partial charge >= 0.3 is 0 Å². The van der Waals surface area contributed by atoms with Crippen LogP contribution in [0.25, 0.3) is 0 Å². The van der Waals surface area contributed by atoms with Crippen molar-refractivity contribution in [2.45, 2.75) is 48.3 Å². The van der Waals surface area contributed by atoms with E-state index >= 15 is 0 Å². The van der Waals surface area contributed by atoms with E-state index in [9.17, 15) is 23.2 Å². The standard InChI is InChI=1S/C27H33N3O6S/c31-25(30-16-9-20-3-1-2-4-22(20)19-30)21-10-14-29(15-11-21)23-5-7-24(8-6-23)37(34,35)27(26(32)28-33)12-17-36-18-13-27/h1-8,21,33H,9-19H2,(H,28,32). The summed E-state index contributed by atoms with van der Waals surface area (Å²) in [6, 6.07) is 14.8. The molecule has 0 spiro atoms. The number of anilines is 1. The molecule has 2 fully saturated rings. The zero-order chi connectivity index (χ0) is 26.0. The number of hydrogen-bond acceptors (Lipinski definition) is 7. The first-order valence-corrected chi connectivity index (χ1v) is 14.3. The van der Waals surface area contributed by atoms with Gasteiger partial charge in [0.25, 0.3) is 5.91 Å². The Balaban J connectivity index is 1.23. The lowest BCUT2D eigenvalue weighted by Gasteiger charge is -2.37. The van der Waals surface area contributed by atoms with Crippen LogP contribution < -0.4 is 10.4 Å². The van der Waals surface area contributed by atoms with Crippen molar-refractivity contribution < 1.29 is 28.0 Å². The summed E-state index contributed by atoms with van der Waals surface area (Å²) < 4.78 is 30.4. The Morgan fingerprint density at radius 2 is 1.59 bits per heavy atom. The number of rotatable bonds is 5. The minimum absolute atomic E-state index is 0.00784. The van der Waals surface area contributed by atoms with Gasteiger partial charge in [-0.1, -0.05) is 24.3 Å². The van der Waals surface area contributed by atoms with Gasteiger partial charge in [0, 0.05) is 51.0 Å². The molecule has 2 aromatic carbocycles. The first kappa shape index (κ1) is 25.7. The molecule has 0 aromatic heterocycles. The van der Waals surface area contributed by atoms with Crippen LogP contribution in [0.1, 0.15) is 36.8 Å². The van der Waals surface area contributed by atoms with Gasteiger partial charge in [0.1, 0.15) is 0 Å². The summed E-state index contributed by atoms with van der Waals surface area (Å²) in [7, 11) is -4.06. The maximum Gasteiger partial charge on any atom is 0.265 e. The van der Waals surface area contributed by atoms with Crippen molar-refractivity contribution in [2.24, 2.45) is 5.92 Å². The highest BCUT2D eigenvalue weighted by Crippen LogP contribution is 2.36. The molecule has 10 heteroatoms. The fourth-order valence-corrected chi connectivity index (χ4v) is 7.75. The van der Waals surface area contributed by atoms with Gasteiger partial charge in [-0.25, -0.2) is 13.9 Å². The van der Waals surface area contributed by atoms with Crippen LogP contribution in [0.5, 0.6) is 0 Å². The van der Waals surface area contributed by atoms with Crippen molar-refractivity contribution in [2.75, 3.05) is 37.7 Å². The normalized spacial score (nSPS) is 20.2. The Labute approximate surface area is 217 Å². The van der Waals surface area contributed by atoms with Gasteiger partial charge in [-0.05, 0) is 67.5 Å². The smallest absolute Gasteiger partial charge is 0.265 e. The first-order chi connectivity index (χ1) is 17.9. The molecule has 0 saturated carbocycles. The van der Waals surface area contributed by atoms with E-state index < -0.39 is 20.5 Å². The fraction of sp³-hybridized carbons (Fsp3) is 0.481. The topological polar surface area (TPSA) is 116 Å². The Morgan fingerprint density at radius 3 is 2.24 bits per heavy atom. The van der Waals surface area contributed by atoms with E-state index in [0.29, 0.717) is 19.6 Å². The molecule has 37 heavy (non-hydrogen) atoms. The molecule has 2 aromatic rings. The van der Waals surface area contributed by atoms with E-state index in [1.165, 1.54) is 23.3 Å². The number of piperidine rings is 1. The molecule has 2 N–H and O–H groups in total. The predicted octanol–water partition coefficient (Wildman–Crippen LogP) is 2.32. The van der Waals surface area contributed by atoms with Crippen molar-refractivity contribution in [3.63, 3.8) is 0 Å². The van der Waals surface area contributed by atoms with Gasteiger partial charge in [-0.2, -0.15) is 0 Å². The highest BCUT2D eigenvalue weighted by Gasteiger charge is 2.52. The average Bonchev–Trinajstić information content (AvgIpc) is 2.96. The molecular formula is C27H33N3O6S. The monoisotopic (exact) mass is 527 g/mol. The van der Waals surface area contributed by atoms with Gasteiger partial charge in [0.2, 0.25) is 5.91 Å². The van der Waals surface area contributed by atoms with E-state index in [4.69, 9.17) is 4.74 Å². The first-order valence-electron chi connectivity index (χ1n) is 12.8. The van der Waals surface area contributed by atoms with Crippen LogP contribution in [-0.2, 0) is 37.1 Å².